The Kier molecular flexibility index (Phi) is 4.53. The summed E-state index contributed by atoms with van der Waals surface area (Å²) in [5.74, 6) is 5.92. The van der Waals surface area contributed by atoms with Crippen LogP contribution in [0.15, 0.2) is 41.5 Å². The van der Waals surface area contributed by atoms with Crippen molar-refractivity contribution in [2.75, 3.05) is 6.54 Å². The average molecular weight is 255 g/mol. The average Bonchev–Trinajstić information content (AvgIpc) is 2.41. The highest BCUT2D eigenvalue weighted by Crippen LogP contribution is 2.22. The fourth-order valence-corrected chi connectivity index (χ4v) is 2.23. The van der Waals surface area contributed by atoms with Crippen LogP contribution < -0.4 is 11.2 Å². The van der Waals surface area contributed by atoms with E-state index >= 15 is 0 Å². The Bertz CT molecular complexity index is 573. The number of benzene rings is 2. The van der Waals surface area contributed by atoms with Crippen molar-refractivity contribution >= 4 is 17.0 Å². The smallest absolute Gasteiger partial charge is 0.0544 e. The second-order valence-corrected chi connectivity index (χ2v) is 5.16. The maximum Gasteiger partial charge on any atom is 0.0544 e. The van der Waals surface area contributed by atoms with Crippen molar-refractivity contribution in [1.29, 1.82) is 0 Å². The number of nitrogens with two attached hydrogens (primary N) is 1. The summed E-state index contributed by atoms with van der Waals surface area (Å²) in [5, 5.41) is 9.57. The predicted octanol–water partition coefficient (Wildman–Crippen LogP) is 2.88. The van der Waals surface area contributed by atoms with E-state index in [2.05, 4.69) is 54.6 Å². The van der Waals surface area contributed by atoms with E-state index in [1.54, 1.807) is 6.21 Å². The second kappa shape index (κ2) is 6.34. The number of fused-ring (bicyclic) bond motifs is 1. The van der Waals surface area contributed by atoms with E-state index < -0.39 is 0 Å². The summed E-state index contributed by atoms with van der Waals surface area (Å²) < 4.78 is 0. The van der Waals surface area contributed by atoms with Gasteiger partial charge in [-0.15, -0.1) is 0 Å². The molecule has 0 aliphatic rings. The Morgan fingerprint density at radius 3 is 2.58 bits per heavy atom. The third-order valence-corrected chi connectivity index (χ3v) is 3.13. The van der Waals surface area contributed by atoms with Gasteiger partial charge in [-0.25, -0.2) is 0 Å². The lowest BCUT2D eigenvalue weighted by atomic mass is 10.00. The van der Waals surface area contributed by atoms with Crippen LogP contribution in [-0.2, 0) is 6.54 Å². The molecule has 100 valence electrons. The standard InChI is InChI=1S/C16H21N3/c1-12(2)9-18-10-13-7-8-14(11-19-17)16-6-4-3-5-15(13)16/h3-8,11-12,18H,9-10,17H2,1-2H3. The van der Waals surface area contributed by atoms with Gasteiger partial charge in [0.25, 0.3) is 0 Å². The molecule has 0 saturated carbocycles. The SMILES string of the molecule is CC(C)CNCc1ccc(C=NN)c2ccccc12. The number of hydrazone groups is 1. The third kappa shape index (κ3) is 3.32. The van der Waals surface area contributed by atoms with Crippen molar-refractivity contribution in [1.82, 2.24) is 5.32 Å². The Hall–Kier alpha value is -1.87. The summed E-state index contributed by atoms with van der Waals surface area (Å²) >= 11 is 0. The molecule has 0 unspecified atom stereocenters. The number of nitrogens with one attached hydrogen (secondary N) is 1. The number of hydrogen-bond acceptors (Lipinski definition) is 3. The molecule has 3 nitrogen and oxygen atoms in total. The molecule has 2 rings (SSSR count). The van der Waals surface area contributed by atoms with E-state index in [9.17, 15) is 0 Å². The normalized spacial score (nSPS) is 11.7. The molecule has 2 aromatic rings. The van der Waals surface area contributed by atoms with Gasteiger partial charge in [0.15, 0.2) is 0 Å². The molecule has 0 spiro atoms. The Balaban J connectivity index is 2.33. The molecule has 2 aromatic carbocycles. The summed E-state index contributed by atoms with van der Waals surface area (Å²) in [7, 11) is 0. The molecule has 3 heteroatoms. The summed E-state index contributed by atoms with van der Waals surface area (Å²) in [6, 6.07) is 12.6. The van der Waals surface area contributed by atoms with Crippen LogP contribution in [0.5, 0.6) is 0 Å². The van der Waals surface area contributed by atoms with E-state index in [0.29, 0.717) is 5.92 Å². The molecule has 0 heterocycles. The molecule has 0 radical (unpaired) electrons. The van der Waals surface area contributed by atoms with Crippen molar-refractivity contribution in [3.05, 3.63) is 47.5 Å². The van der Waals surface area contributed by atoms with E-state index in [0.717, 1.165) is 18.7 Å². The molecule has 3 N–H and O–H groups in total. The zero-order chi connectivity index (χ0) is 13.7. The van der Waals surface area contributed by atoms with Crippen LogP contribution in [0.3, 0.4) is 0 Å². The Labute approximate surface area is 114 Å². The topological polar surface area (TPSA) is 50.4 Å². The molecule has 0 saturated heterocycles. The summed E-state index contributed by atoms with van der Waals surface area (Å²) in [5.41, 5.74) is 2.37. The predicted molar refractivity (Wildman–Crippen MR) is 82.3 cm³/mol. The minimum absolute atomic E-state index is 0.662. The minimum Gasteiger partial charge on any atom is -0.323 e. The van der Waals surface area contributed by atoms with Gasteiger partial charge in [-0.3, -0.25) is 0 Å². The third-order valence-electron chi connectivity index (χ3n) is 3.13. The maximum atomic E-state index is 5.26. The summed E-state index contributed by atoms with van der Waals surface area (Å²) in [6.45, 7) is 6.34. The van der Waals surface area contributed by atoms with E-state index in [-0.39, 0.29) is 0 Å². The lowest BCUT2D eigenvalue weighted by Crippen LogP contribution is -2.19. The number of nitrogens with zero attached hydrogens (tertiary/aromatic N) is 1. The van der Waals surface area contributed by atoms with Crippen LogP contribution >= 0.6 is 0 Å². The van der Waals surface area contributed by atoms with Crippen LogP contribution in [-0.4, -0.2) is 12.8 Å². The zero-order valence-electron chi connectivity index (χ0n) is 11.6. The van der Waals surface area contributed by atoms with Gasteiger partial charge in [-0.1, -0.05) is 50.2 Å². The van der Waals surface area contributed by atoms with Gasteiger partial charge >= 0.3 is 0 Å². The van der Waals surface area contributed by atoms with Crippen molar-refractivity contribution in [2.24, 2.45) is 16.9 Å². The van der Waals surface area contributed by atoms with Crippen LogP contribution in [0, 0.1) is 5.92 Å². The molecule has 0 atom stereocenters. The van der Waals surface area contributed by atoms with E-state index in [4.69, 9.17) is 5.84 Å². The van der Waals surface area contributed by atoms with Gasteiger partial charge in [-0.2, -0.15) is 5.10 Å². The lowest BCUT2D eigenvalue weighted by Gasteiger charge is -2.11. The van der Waals surface area contributed by atoms with Crippen LogP contribution in [0.4, 0.5) is 0 Å². The lowest BCUT2D eigenvalue weighted by molar-refractivity contribution is 0.553. The highest BCUT2D eigenvalue weighted by Gasteiger charge is 2.04. The number of rotatable bonds is 5. The Morgan fingerprint density at radius 2 is 1.89 bits per heavy atom. The Morgan fingerprint density at radius 1 is 1.16 bits per heavy atom. The molecular formula is C16H21N3. The molecular weight excluding hydrogens is 234 g/mol. The largest absolute Gasteiger partial charge is 0.323 e. The van der Waals surface area contributed by atoms with Gasteiger partial charge in [0.05, 0.1) is 6.21 Å². The number of hydrogen-bond donors (Lipinski definition) is 2. The second-order valence-electron chi connectivity index (χ2n) is 5.16. The van der Waals surface area contributed by atoms with Crippen molar-refractivity contribution in [3.63, 3.8) is 0 Å². The first-order chi connectivity index (χ1) is 9.22. The quantitative estimate of drug-likeness (QED) is 0.490. The van der Waals surface area contributed by atoms with Gasteiger partial charge in [-0.05, 0) is 28.8 Å². The molecule has 0 aliphatic carbocycles. The maximum absolute atomic E-state index is 5.26. The van der Waals surface area contributed by atoms with E-state index in [1.807, 2.05) is 6.07 Å². The summed E-state index contributed by atoms with van der Waals surface area (Å²) in [4.78, 5) is 0. The van der Waals surface area contributed by atoms with Crippen LogP contribution in [0.25, 0.3) is 10.8 Å². The van der Waals surface area contributed by atoms with Crippen molar-refractivity contribution in [3.8, 4) is 0 Å². The van der Waals surface area contributed by atoms with E-state index in [1.165, 1.54) is 16.3 Å². The monoisotopic (exact) mass is 255 g/mol. The fraction of sp³-hybridized carbons (Fsp3) is 0.312. The molecule has 0 aliphatic heterocycles. The minimum atomic E-state index is 0.662. The molecule has 19 heavy (non-hydrogen) atoms. The molecule has 0 fully saturated rings. The first kappa shape index (κ1) is 13.6. The van der Waals surface area contributed by atoms with Crippen molar-refractivity contribution in [2.45, 2.75) is 20.4 Å². The highest BCUT2D eigenvalue weighted by atomic mass is 15.1. The molecule has 0 bridgehead atoms. The van der Waals surface area contributed by atoms with Crippen LogP contribution in [0.2, 0.25) is 0 Å². The van der Waals surface area contributed by atoms with Gasteiger partial charge < -0.3 is 11.2 Å². The zero-order valence-corrected chi connectivity index (χ0v) is 11.6. The highest BCUT2D eigenvalue weighted by molar-refractivity contribution is 6.01. The molecule has 0 amide bonds. The van der Waals surface area contributed by atoms with Gasteiger partial charge in [0.2, 0.25) is 0 Å². The van der Waals surface area contributed by atoms with Gasteiger partial charge in [0.1, 0.15) is 0 Å². The van der Waals surface area contributed by atoms with Crippen LogP contribution in [0.1, 0.15) is 25.0 Å². The fourth-order valence-electron chi connectivity index (χ4n) is 2.23. The molecule has 0 aromatic heterocycles. The van der Waals surface area contributed by atoms with Crippen molar-refractivity contribution < 1.29 is 0 Å². The first-order valence-corrected chi connectivity index (χ1v) is 6.67. The van der Waals surface area contributed by atoms with Gasteiger partial charge in [0, 0.05) is 12.1 Å². The first-order valence-electron chi connectivity index (χ1n) is 6.67. The summed E-state index contributed by atoms with van der Waals surface area (Å²) in [6.07, 6.45) is 1.70.